The molecule has 1 heterocycles. The molecule has 1 unspecified atom stereocenters. The Bertz CT molecular complexity index is 2270. The number of hydrogen-bond acceptors (Lipinski definition) is 11. The number of alkyl carbamates (subject to hydrolysis) is 2. The lowest BCUT2D eigenvalue weighted by molar-refractivity contribution is -0.199. The largest absolute Gasteiger partial charge is 0.481 e. The van der Waals surface area contributed by atoms with Crippen molar-refractivity contribution in [1.82, 2.24) is 37.2 Å². The molecule has 0 radical (unpaired) electrons. The normalized spacial score (nSPS) is 22.0. The third-order valence-electron chi connectivity index (χ3n) is 13.6. The van der Waals surface area contributed by atoms with E-state index in [0.717, 1.165) is 24.0 Å². The summed E-state index contributed by atoms with van der Waals surface area (Å²) in [5, 5.41) is 19.6. The van der Waals surface area contributed by atoms with Crippen molar-refractivity contribution in [3.8, 4) is 11.1 Å². The van der Waals surface area contributed by atoms with Crippen LogP contribution in [0.2, 0.25) is 5.02 Å². The van der Waals surface area contributed by atoms with Gasteiger partial charge in [-0.25, -0.2) is 9.59 Å². The van der Waals surface area contributed by atoms with Crippen molar-refractivity contribution in [1.29, 1.82) is 0 Å². The molecule has 396 valence electrons. The van der Waals surface area contributed by atoms with Gasteiger partial charge in [0.2, 0.25) is 23.6 Å². The molecule has 4 aliphatic rings. The van der Waals surface area contributed by atoms with Gasteiger partial charge in [-0.1, -0.05) is 63.6 Å². The van der Waals surface area contributed by atoms with Gasteiger partial charge in [0.05, 0.1) is 17.6 Å². The van der Waals surface area contributed by atoms with E-state index in [1.807, 2.05) is 32.9 Å². The third kappa shape index (κ3) is 15.6. The lowest BCUT2D eigenvalue weighted by Gasteiger charge is -2.64. The highest BCUT2D eigenvalue weighted by Crippen LogP contribution is 2.65. The molecule has 3 saturated carbocycles. The number of benzene rings is 2. The highest BCUT2D eigenvalue weighted by Gasteiger charge is 2.68. The first-order valence-electron chi connectivity index (χ1n) is 25.1. The minimum absolute atomic E-state index is 0.00499. The predicted molar refractivity (Wildman–Crippen MR) is 274 cm³/mol. The van der Waals surface area contributed by atoms with Gasteiger partial charge in [-0.15, -0.1) is 0 Å². The number of carbonyl (C=O) groups excluding carboxylic acids is 7. The summed E-state index contributed by atoms with van der Waals surface area (Å²) in [6, 6.07) is 9.02. The Morgan fingerprint density at radius 3 is 1.67 bits per heavy atom. The Kier molecular flexibility index (Phi) is 18.9. The maximum absolute atomic E-state index is 14.2. The van der Waals surface area contributed by atoms with E-state index in [0.29, 0.717) is 16.9 Å². The van der Waals surface area contributed by atoms with Crippen LogP contribution in [-0.2, 0) is 38.0 Å². The number of carbonyl (C=O) groups is 7. The first-order valence-corrected chi connectivity index (χ1v) is 25.5. The third-order valence-corrected chi connectivity index (χ3v) is 13.9. The molecule has 0 spiro atoms. The molecule has 72 heavy (non-hydrogen) atoms. The molecule has 2 aromatic rings. The van der Waals surface area contributed by atoms with E-state index in [1.165, 1.54) is 6.92 Å². The molecule has 18 nitrogen and oxygen atoms in total. The maximum atomic E-state index is 14.2. The number of amides is 7. The van der Waals surface area contributed by atoms with Gasteiger partial charge < -0.3 is 56.0 Å². The molecule has 9 atom stereocenters. The van der Waals surface area contributed by atoms with Crippen LogP contribution < -0.4 is 37.2 Å². The minimum atomic E-state index is -1.37. The van der Waals surface area contributed by atoms with Crippen molar-refractivity contribution in [3.63, 3.8) is 0 Å². The average Bonchev–Trinajstić information content (AvgIpc) is 3.64. The smallest absolute Gasteiger partial charge is 0.444 e. The molecule has 3 aliphatic carbocycles. The summed E-state index contributed by atoms with van der Waals surface area (Å²) in [4.78, 5) is 95.0. The fourth-order valence-electron chi connectivity index (χ4n) is 9.66. The Morgan fingerprint density at radius 2 is 1.15 bits per heavy atom. The van der Waals surface area contributed by atoms with Crippen molar-refractivity contribution in [3.05, 3.63) is 59.1 Å². The predicted octanol–water partition coefficient (Wildman–Crippen LogP) is 6.23. The van der Waals surface area contributed by atoms with Crippen LogP contribution in [0.1, 0.15) is 132 Å². The molecular formula is C52H77BClN7O11. The minimum Gasteiger partial charge on any atom is -0.444 e. The molecule has 1 saturated heterocycles. The highest BCUT2D eigenvalue weighted by molar-refractivity contribution is 6.47. The molecule has 2 aromatic carbocycles. The van der Waals surface area contributed by atoms with Crippen molar-refractivity contribution in [2.75, 3.05) is 13.1 Å². The van der Waals surface area contributed by atoms with Gasteiger partial charge in [0.25, 0.3) is 5.91 Å². The zero-order valence-electron chi connectivity index (χ0n) is 44.2. The summed E-state index contributed by atoms with van der Waals surface area (Å²) < 4.78 is 23.7. The van der Waals surface area contributed by atoms with Gasteiger partial charge in [0.1, 0.15) is 35.4 Å². The molecule has 0 aromatic heterocycles. The monoisotopic (exact) mass is 1020 g/mol. The lowest BCUT2D eigenvalue weighted by Crippen LogP contribution is -2.65. The van der Waals surface area contributed by atoms with E-state index in [2.05, 4.69) is 58.0 Å². The summed E-state index contributed by atoms with van der Waals surface area (Å²) in [5.41, 5.74) is -0.0177. The topological polar surface area (TPSA) is 241 Å². The zero-order valence-corrected chi connectivity index (χ0v) is 45.0. The number of ether oxygens (including phenoxy) is 2. The van der Waals surface area contributed by atoms with Gasteiger partial charge in [0, 0.05) is 23.7 Å². The van der Waals surface area contributed by atoms with E-state index in [9.17, 15) is 33.6 Å². The number of halogens is 1. The Labute approximate surface area is 430 Å². The molecule has 20 heteroatoms. The first-order chi connectivity index (χ1) is 33.4. The second-order valence-corrected chi connectivity index (χ2v) is 23.1. The van der Waals surface area contributed by atoms with E-state index < -0.39 is 95.8 Å². The van der Waals surface area contributed by atoms with Gasteiger partial charge in [0.15, 0.2) is 0 Å². The van der Waals surface area contributed by atoms with Crippen LogP contribution in [0.25, 0.3) is 11.1 Å². The first kappa shape index (κ1) is 57.5. The number of rotatable bonds is 20. The van der Waals surface area contributed by atoms with Gasteiger partial charge in [-0.3, -0.25) is 24.0 Å². The molecular weight excluding hydrogens is 945 g/mol. The van der Waals surface area contributed by atoms with Crippen LogP contribution in [0, 0.1) is 23.2 Å². The van der Waals surface area contributed by atoms with Crippen LogP contribution in [-0.4, -0.2) is 115 Å². The highest BCUT2D eigenvalue weighted by atomic mass is 35.5. The molecule has 7 amide bonds. The van der Waals surface area contributed by atoms with E-state index in [4.69, 9.17) is 30.4 Å². The molecule has 1 aliphatic heterocycles. The summed E-state index contributed by atoms with van der Waals surface area (Å²) in [7, 11) is -0.675. The Balaban J connectivity index is 1.28. The van der Waals surface area contributed by atoms with Crippen LogP contribution in [0.4, 0.5) is 9.59 Å². The lowest BCUT2D eigenvalue weighted by atomic mass is 9.43. The van der Waals surface area contributed by atoms with E-state index in [-0.39, 0.29) is 55.4 Å². The molecule has 4 fully saturated rings. The fraction of sp³-hybridized carbons (Fsp3) is 0.635. The van der Waals surface area contributed by atoms with Crippen molar-refractivity contribution in [2.24, 2.45) is 23.2 Å². The van der Waals surface area contributed by atoms with Gasteiger partial charge in [-0.2, -0.15) is 0 Å². The van der Waals surface area contributed by atoms with Gasteiger partial charge in [-0.05, 0) is 153 Å². The summed E-state index contributed by atoms with van der Waals surface area (Å²) >= 11 is 6.06. The van der Waals surface area contributed by atoms with Crippen molar-refractivity contribution >= 4 is 60.4 Å². The van der Waals surface area contributed by atoms with Crippen molar-refractivity contribution < 1.29 is 52.3 Å². The van der Waals surface area contributed by atoms with Crippen LogP contribution in [0.5, 0.6) is 0 Å². The fourth-order valence-corrected chi connectivity index (χ4v) is 9.79. The molecule has 2 bridgehead atoms. The standard InChI is InChI=1S/C52H77BClN7O11/c1-29(2)26-39(46(66)58-31(4)53-71-41-28-35-27-40(51(35,11)12)52(41,13)72-53)61-42(62)30(3)57-44(64)37(22-24-55-47(67)69-49(5,6)7)60-45(65)38(23-25-56-48(68)70-50(8,9)10)59-43(63)34-16-14-32(15-17-34)33-18-20-36(54)21-19-33/h14-21,29-31,35,37-41H,22-28H2,1-13H3,(H,55,67)(H,56,68)(H,57,64)(H,58,66)(H,59,63)(H,60,65)(H,61,62)/t30-,31-,35-,37-,38-,39-,40-,41?,52-/m0/s1. The Morgan fingerprint density at radius 1 is 0.667 bits per heavy atom. The SMILES string of the molecule is CC(C)C[C@H](NC(=O)[C@H](C)NC(=O)[C@H](CCNC(=O)OC(C)(C)C)NC(=O)[C@H](CCNC(=O)OC(C)(C)C)NC(=O)c1ccc(-c2ccc(Cl)cc2)cc1)C(=O)N[C@@H](C)B1OC2C[C@@H]3C[C@@H](C3(C)C)[C@]2(C)O1. The van der Waals surface area contributed by atoms with Crippen molar-refractivity contribution in [2.45, 2.75) is 175 Å². The van der Waals surface area contributed by atoms with Crippen LogP contribution >= 0.6 is 11.6 Å². The second-order valence-electron chi connectivity index (χ2n) is 22.7. The van der Waals surface area contributed by atoms with Gasteiger partial charge >= 0.3 is 19.3 Å². The Hall–Kier alpha value is -5.40. The maximum Gasteiger partial charge on any atom is 0.481 e. The van der Waals surface area contributed by atoms with Crippen LogP contribution in [0.15, 0.2) is 48.5 Å². The van der Waals surface area contributed by atoms with E-state index >= 15 is 0 Å². The summed E-state index contributed by atoms with van der Waals surface area (Å²) in [6.07, 6.45) is 0.386. The second kappa shape index (κ2) is 23.6. The molecule has 6 rings (SSSR count). The van der Waals surface area contributed by atoms with Crippen LogP contribution in [0.3, 0.4) is 0 Å². The summed E-state index contributed by atoms with van der Waals surface area (Å²) in [5.74, 6) is -2.95. The quantitative estimate of drug-likeness (QED) is 0.0734. The summed E-state index contributed by atoms with van der Waals surface area (Å²) in [6.45, 7) is 23.7. The number of nitrogens with one attached hydrogen (secondary N) is 7. The van der Waals surface area contributed by atoms with E-state index in [1.54, 1.807) is 77.9 Å². The number of hydrogen-bond donors (Lipinski definition) is 7. The average molecular weight is 1020 g/mol. The zero-order chi connectivity index (χ0) is 53.5. The molecule has 7 N–H and O–H groups in total.